The summed E-state index contributed by atoms with van der Waals surface area (Å²) in [5, 5.41) is 19.2. The van der Waals surface area contributed by atoms with Crippen LogP contribution in [0.1, 0.15) is 187 Å². The molecule has 0 aliphatic heterocycles. The quantitative estimate of drug-likeness (QED) is 0.0916. The van der Waals surface area contributed by atoms with Gasteiger partial charge in [-0.05, 0) is 25.7 Å². The molecule has 0 aromatic heterocycles. The van der Waals surface area contributed by atoms with E-state index in [9.17, 15) is 19.8 Å². The topological polar surface area (TPSA) is 74.6 Å². The van der Waals surface area contributed by atoms with Crippen molar-refractivity contribution in [3.8, 4) is 0 Å². The Morgan fingerprint density at radius 3 is 0.784 bits per heavy atom. The van der Waals surface area contributed by atoms with Crippen LogP contribution in [0.2, 0.25) is 0 Å². The molecule has 0 bridgehead atoms. The summed E-state index contributed by atoms with van der Waals surface area (Å²) in [6.45, 7) is 4.50. The van der Waals surface area contributed by atoms with Gasteiger partial charge in [0.2, 0.25) is 0 Å². The number of aliphatic carboxylic acids is 2. The molecule has 0 fully saturated rings. The highest BCUT2D eigenvalue weighted by Gasteiger charge is 2.18. The average Bonchev–Trinajstić information content (AvgIpc) is 2.87. The van der Waals surface area contributed by atoms with E-state index < -0.39 is 11.9 Å². The normalized spacial score (nSPS) is 13.0. The maximum Gasteiger partial charge on any atom is 0.306 e. The Labute approximate surface area is 230 Å². The first-order valence-electron chi connectivity index (χ1n) is 16.5. The van der Waals surface area contributed by atoms with E-state index in [-0.39, 0.29) is 11.8 Å². The third-order valence-corrected chi connectivity index (χ3v) is 8.12. The van der Waals surface area contributed by atoms with E-state index in [2.05, 4.69) is 13.8 Å². The lowest BCUT2D eigenvalue weighted by atomic mass is 9.92. The molecule has 2 atom stereocenters. The van der Waals surface area contributed by atoms with Crippen LogP contribution in [0.4, 0.5) is 0 Å². The summed E-state index contributed by atoms with van der Waals surface area (Å²) < 4.78 is 0. The maximum absolute atomic E-state index is 11.6. The molecule has 0 aromatic carbocycles. The molecule has 4 nitrogen and oxygen atoms in total. The Balaban J connectivity index is 3.78. The molecule has 0 saturated heterocycles. The Kier molecular flexibility index (Phi) is 27.2. The zero-order valence-corrected chi connectivity index (χ0v) is 25.0. The van der Waals surface area contributed by atoms with Gasteiger partial charge in [-0.15, -0.1) is 0 Å². The molecule has 0 heterocycles. The fraction of sp³-hybridized carbons (Fsp3) is 0.939. The second-order valence-corrected chi connectivity index (χ2v) is 11.6. The lowest BCUT2D eigenvalue weighted by Gasteiger charge is -2.14. The summed E-state index contributed by atoms with van der Waals surface area (Å²) >= 11 is 0. The number of hydrogen-bond acceptors (Lipinski definition) is 2. The smallest absolute Gasteiger partial charge is 0.306 e. The van der Waals surface area contributed by atoms with Gasteiger partial charge in [0.15, 0.2) is 0 Å². The van der Waals surface area contributed by atoms with Crippen molar-refractivity contribution in [2.45, 2.75) is 187 Å². The van der Waals surface area contributed by atoms with Crippen molar-refractivity contribution in [3.05, 3.63) is 0 Å². The fourth-order valence-corrected chi connectivity index (χ4v) is 5.50. The molecule has 2 unspecified atom stereocenters. The van der Waals surface area contributed by atoms with Crippen LogP contribution in [0.5, 0.6) is 0 Å². The number of hydrogen-bond donors (Lipinski definition) is 2. The highest BCUT2D eigenvalue weighted by molar-refractivity contribution is 5.70. The van der Waals surface area contributed by atoms with Crippen molar-refractivity contribution in [1.82, 2.24) is 0 Å². The Morgan fingerprint density at radius 2 is 0.568 bits per heavy atom. The third kappa shape index (κ3) is 25.0. The van der Waals surface area contributed by atoms with Crippen LogP contribution in [0.3, 0.4) is 0 Å². The summed E-state index contributed by atoms with van der Waals surface area (Å²) in [5.41, 5.74) is 0. The molecule has 220 valence electrons. The molecule has 37 heavy (non-hydrogen) atoms. The number of carbonyl (C=O) groups is 2. The first-order chi connectivity index (χ1) is 18.0. The van der Waals surface area contributed by atoms with Crippen molar-refractivity contribution in [2.24, 2.45) is 11.8 Å². The molecular formula is C33H64O4. The van der Waals surface area contributed by atoms with Gasteiger partial charge in [-0.25, -0.2) is 0 Å². The lowest BCUT2D eigenvalue weighted by Crippen LogP contribution is -2.14. The van der Waals surface area contributed by atoms with Crippen LogP contribution >= 0.6 is 0 Å². The predicted octanol–water partition coefficient (Wildman–Crippen LogP) is 11.0. The standard InChI is InChI=1S/C33H64O4/c1-3-5-7-9-11-13-15-17-19-22-26-30(32(34)35)28-24-21-25-29-31(33(36)37)27-23-20-18-16-14-12-10-8-6-4-2/h30-31H,3-29H2,1-2H3,(H,34,35)(H,36,37). The fourth-order valence-electron chi connectivity index (χ4n) is 5.50. The van der Waals surface area contributed by atoms with E-state index in [4.69, 9.17) is 0 Å². The number of rotatable bonds is 30. The van der Waals surface area contributed by atoms with Gasteiger partial charge in [0.1, 0.15) is 0 Å². The minimum atomic E-state index is -0.653. The SMILES string of the molecule is CCCCCCCCCCCCC(CCCCCC(CCCCCCCCCCCC)C(=O)O)C(=O)O. The summed E-state index contributed by atoms with van der Waals surface area (Å²) in [6, 6.07) is 0. The molecule has 2 N–H and O–H groups in total. The lowest BCUT2D eigenvalue weighted by molar-refractivity contribution is -0.143. The van der Waals surface area contributed by atoms with E-state index in [1.807, 2.05) is 0 Å². The van der Waals surface area contributed by atoms with Crippen molar-refractivity contribution >= 4 is 11.9 Å². The minimum Gasteiger partial charge on any atom is -0.481 e. The zero-order valence-electron chi connectivity index (χ0n) is 25.0. The van der Waals surface area contributed by atoms with E-state index in [1.165, 1.54) is 103 Å². The van der Waals surface area contributed by atoms with Crippen molar-refractivity contribution in [3.63, 3.8) is 0 Å². The molecule has 0 spiro atoms. The monoisotopic (exact) mass is 524 g/mol. The van der Waals surface area contributed by atoms with E-state index in [0.717, 1.165) is 70.6 Å². The van der Waals surface area contributed by atoms with Crippen LogP contribution < -0.4 is 0 Å². The van der Waals surface area contributed by atoms with E-state index in [1.54, 1.807) is 0 Å². The molecular weight excluding hydrogens is 460 g/mol. The first kappa shape index (κ1) is 35.9. The number of unbranched alkanes of at least 4 members (excludes halogenated alkanes) is 20. The van der Waals surface area contributed by atoms with Gasteiger partial charge in [-0.2, -0.15) is 0 Å². The molecule has 0 rings (SSSR count). The van der Waals surface area contributed by atoms with Crippen molar-refractivity contribution in [2.75, 3.05) is 0 Å². The molecule has 0 amide bonds. The maximum atomic E-state index is 11.6. The predicted molar refractivity (Wildman–Crippen MR) is 158 cm³/mol. The summed E-state index contributed by atoms with van der Waals surface area (Å²) in [4.78, 5) is 23.3. The molecule has 0 aliphatic rings. The van der Waals surface area contributed by atoms with Gasteiger partial charge in [-0.3, -0.25) is 9.59 Å². The van der Waals surface area contributed by atoms with Gasteiger partial charge >= 0.3 is 11.9 Å². The van der Waals surface area contributed by atoms with Gasteiger partial charge < -0.3 is 10.2 Å². The average molecular weight is 525 g/mol. The van der Waals surface area contributed by atoms with Crippen LogP contribution in [0.25, 0.3) is 0 Å². The van der Waals surface area contributed by atoms with Crippen LogP contribution in [0.15, 0.2) is 0 Å². The second kappa shape index (κ2) is 28.0. The molecule has 0 radical (unpaired) electrons. The number of carboxylic acid groups (broad SMARTS) is 2. The van der Waals surface area contributed by atoms with Crippen molar-refractivity contribution < 1.29 is 19.8 Å². The summed E-state index contributed by atoms with van der Waals surface area (Å²) in [5.74, 6) is -1.76. The molecule has 0 saturated carbocycles. The van der Waals surface area contributed by atoms with Crippen LogP contribution in [-0.4, -0.2) is 22.2 Å². The largest absolute Gasteiger partial charge is 0.481 e. The third-order valence-electron chi connectivity index (χ3n) is 8.12. The number of carboxylic acids is 2. The van der Waals surface area contributed by atoms with Crippen LogP contribution in [0, 0.1) is 11.8 Å². The highest BCUT2D eigenvalue weighted by atomic mass is 16.4. The Morgan fingerprint density at radius 1 is 0.378 bits per heavy atom. The minimum absolute atomic E-state index is 0.226. The second-order valence-electron chi connectivity index (χ2n) is 11.6. The van der Waals surface area contributed by atoms with Gasteiger partial charge in [-0.1, -0.05) is 162 Å². The first-order valence-corrected chi connectivity index (χ1v) is 16.5. The van der Waals surface area contributed by atoms with Crippen LogP contribution in [-0.2, 0) is 9.59 Å². The van der Waals surface area contributed by atoms with E-state index in [0.29, 0.717) is 0 Å². The molecule has 0 aliphatic carbocycles. The summed E-state index contributed by atoms with van der Waals surface area (Å²) in [7, 11) is 0. The van der Waals surface area contributed by atoms with Crippen molar-refractivity contribution in [1.29, 1.82) is 0 Å². The van der Waals surface area contributed by atoms with Gasteiger partial charge in [0, 0.05) is 0 Å². The molecule has 4 heteroatoms. The molecule has 0 aromatic rings. The summed E-state index contributed by atoms with van der Waals surface area (Å²) in [6.07, 6.45) is 31.3. The Bertz CT molecular complexity index is 461. The zero-order chi connectivity index (χ0) is 27.4. The Hall–Kier alpha value is -1.06. The van der Waals surface area contributed by atoms with Gasteiger partial charge in [0.25, 0.3) is 0 Å². The van der Waals surface area contributed by atoms with Gasteiger partial charge in [0.05, 0.1) is 11.8 Å². The van der Waals surface area contributed by atoms with E-state index >= 15 is 0 Å². The highest BCUT2D eigenvalue weighted by Crippen LogP contribution is 2.22.